The SMILES string of the molecule is COCCN(C)c1nc(C2CC2)nc(NN)c1C. The lowest BCUT2D eigenvalue weighted by atomic mass is 10.2. The summed E-state index contributed by atoms with van der Waals surface area (Å²) in [4.78, 5) is 11.2. The van der Waals surface area contributed by atoms with Gasteiger partial charge in [0.15, 0.2) is 0 Å². The topological polar surface area (TPSA) is 76.3 Å². The van der Waals surface area contributed by atoms with Crippen molar-refractivity contribution in [3.63, 3.8) is 0 Å². The number of aromatic nitrogens is 2. The summed E-state index contributed by atoms with van der Waals surface area (Å²) in [6, 6.07) is 0. The van der Waals surface area contributed by atoms with Gasteiger partial charge in [0.1, 0.15) is 17.5 Å². The summed E-state index contributed by atoms with van der Waals surface area (Å²) in [5.74, 6) is 8.57. The van der Waals surface area contributed by atoms with Gasteiger partial charge in [0, 0.05) is 32.2 Å². The lowest BCUT2D eigenvalue weighted by Crippen LogP contribution is -2.25. The number of ether oxygens (including phenoxy) is 1. The number of nitrogens with zero attached hydrogens (tertiary/aromatic N) is 3. The first-order chi connectivity index (χ1) is 8.67. The van der Waals surface area contributed by atoms with E-state index in [1.54, 1.807) is 7.11 Å². The Hall–Kier alpha value is -1.40. The van der Waals surface area contributed by atoms with Crippen LogP contribution in [0.5, 0.6) is 0 Å². The number of hydrogen-bond acceptors (Lipinski definition) is 6. The minimum Gasteiger partial charge on any atom is -0.383 e. The second kappa shape index (κ2) is 5.49. The third kappa shape index (κ3) is 2.70. The van der Waals surface area contributed by atoms with Gasteiger partial charge < -0.3 is 15.1 Å². The average molecular weight is 251 g/mol. The Balaban J connectivity index is 2.28. The van der Waals surface area contributed by atoms with Crippen LogP contribution in [0.4, 0.5) is 11.6 Å². The molecule has 0 radical (unpaired) electrons. The van der Waals surface area contributed by atoms with E-state index in [-0.39, 0.29) is 0 Å². The van der Waals surface area contributed by atoms with Gasteiger partial charge in [-0.05, 0) is 19.8 Å². The van der Waals surface area contributed by atoms with E-state index in [1.165, 1.54) is 12.8 Å². The standard InChI is InChI=1S/C12H21N5O/c1-8-10(16-13)14-11(9-4-5-9)15-12(8)17(2)6-7-18-3/h9H,4-7,13H2,1-3H3,(H,14,15,16). The number of nitrogens with two attached hydrogens (primary N) is 1. The average Bonchev–Trinajstić information content (AvgIpc) is 3.20. The first kappa shape index (κ1) is 13.0. The summed E-state index contributed by atoms with van der Waals surface area (Å²) in [6.07, 6.45) is 2.35. The predicted octanol–water partition coefficient (Wildman–Crippen LogP) is 1.03. The molecule has 1 aliphatic carbocycles. The molecule has 18 heavy (non-hydrogen) atoms. The second-order valence-electron chi connectivity index (χ2n) is 4.71. The Labute approximate surface area is 108 Å². The highest BCUT2D eigenvalue weighted by atomic mass is 16.5. The van der Waals surface area contributed by atoms with E-state index in [2.05, 4.69) is 20.3 Å². The smallest absolute Gasteiger partial charge is 0.148 e. The fourth-order valence-corrected chi connectivity index (χ4v) is 1.89. The molecular formula is C12H21N5O. The quantitative estimate of drug-likeness (QED) is 0.581. The van der Waals surface area contributed by atoms with Crippen LogP contribution >= 0.6 is 0 Å². The first-order valence-corrected chi connectivity index (χ1v) is 6.22. The van der Waals surface area contributed by atoms with Gasteiger partial charge in [0.05, 0.1) is 6.61 Å². The Morgan fingerprint density at radius 1 is 1.44 bits per heavy atom. The van der Waals surface area contributed by atoms with Crippen LogP contribution in [-0.2, 0) is 4.74 Å². The van der Waals surface area contributed by atoms with Gasteiger partial charge in [-0.3, -0.25) is 0 Å². The summed E-state index contributed by atoms with van der Waals surface area (Å²) in [5.41, 5.74) is 3.63. The van der Waals surface area contributed by atoms with Crippen molar-refractivity contribution in [3.8, 4) is 0 Å². The number of nitrogens with one attached hydrogen (secondary N) is 1. The molecule has 1 aromatic rings. The van der Waals surface area contributed by atoms with Gasteiger partial charge in [-0.1, -0.05) is 0 Å². The third-order valence-electron chi connectivity index (χ3n) is 3.21. The van der Waals surface area contributed by atoms with E-state index in [0.717, 1.165) is 23.8 Å². The van der Waals surface area contributed by atoms with Crippen molar-refractivity contribution in [2.24, 2.45) is 5.84 Å². The molecule has 0 saturated heterocycles. The van der Waals surface area contributed by atoms with Crippen molar-refractivity contribution < 1.29 is 4.74 Å². The molecule has 0 bridgehead atoms. The van der Waals surface area contributed by atoms with Crippen LogP contribution in [0, 0.1) is 6.92 Å². The molecule has 6 nitrogen and oxygen atoms in total. The van der Waals surface area contributed by atoms with Gasteiger partial charge in [0.2, 0.25) is 0 Å². The number of nitrogen functional groups attached to an aromatic ring is 1. The molecule has 1 aromatic heterocycles. The normalized spacial score (nSPS) is 14.7. The maximum atomic E-state index is 5.53. The lowest BCUT2D eigenvalue weighted by Gasteiger charge is -2.21. The molecule has 1 fully saturated rings. The molecule has 0 aromatic carbocycles. The second-order valence-corrected chi connectivity index (χ2v) is 4.71. The Bertz CT molecular complexity index is 419. The summed E-state index contributed by atoms with van der Waals surface area (Å²) in [7, 11) is 3.70. The Morgan fingerprint density at radius 2 is 2.17 bits per heavy atom. The highest BCUT2D eigenvalue weighted by molar-refractivity contribution is 5.58. The maximum absolute atomic E-state index is 5.53. The first-order valence-electron chi connectivity index (χ1n) is 6.22. The van der Waals surface area contributed by atoms with E-state index in [9.17, 15) is 0 Å². The van der Waals surface area contributed by atoms with Crippen molar-refractivity contribution in [2.45, 2.75) is 25.7 Å². The van der Waals surface area contributed by atoms with Crippen LogP contribution in [0.25, 0.3) is 0 Å². The van der Waals surface area contributed by atoms with Crippen molar-refractivity contribution in [1.82, 2.24) is 9.97 Å². The molecule has 0 amide bonds. The molecule has 1 heterocycles. The highest BCUT2D eigenvalue weighted by Crippen LogP contribution is 2.39. The fraction of sp³-hybridized carbons (Fsp3) is 0.667. The van der Waals surface area contributed by atoms with Crippen LogP contribution in [0.1, 0.15) is 30.1 Å². The molecule has 100 valence electrons. The van der Waals surface area contributed by atoms with Crippen LogP contribution in [-0.4, -0.2) is 37.3 Å². The maximum Gasteiger partial charge on any atom is 0.148 e. The van der Waals surface area contributed by atoms with Gasteiger partial charge in [-0.25, -0.2) is 15.8 Å². The van der Waals surface area contributed by atoms with Crippen molar-refractivity contribution in [2.75, 3.05) is 37.6 Å². The van der Waals surface area contributed by atoms with Crippen molar-refractivity contribution in [1.29, 1.82) is 0 Å². The molecule has 3 N–H and O–H groups in total. The molecule has 0 atom stereocenters. The zero-order chi connectivity index (χ0) is 13.1. The van der Waals surface area contributed by atoms with Crippen LogP contribution in [0.3, 0.4) is 0 Å². The fourth-order valence-electron chi connectivity index (χ4n) is 1.89. The number of anilines is 2. The van der Waals surface area contributed by atoms with E-state index in [4.69, 9.17) is 10.6 Å². The minimum atomic E-state index is 0.507. The van der Waals surface area contributed by atoms with Crippen LogP contribution in [0.2, 0.25) is 0 Å². The van der Waals surface area contributed by atoms with Gasteiger partial charge in [0.25, 0.3) is 0 Å². The molecular weight excluding hydrogens is 230 g/mol. The Morgan fingerprint density at radius 3 is 2.72 bits per heavy atom. The van der Waals surface area contributed by atoms with Crippen LogP contribution < -0.4 is 16.2 Å². The summed E-state index contributed by atoms with van der Waals surface area (Å²) in [6.45, 7) is 3.44. The highest BCUT2D eigenvalue weighted by Gasteiger charge is 2.28. The number of likely N-dealkylation sites (N-methyl/N-ethyl adjacent to an activating group) is 1. The minimum absolute atomic E-state index is 0.507. The molecule has 2 rings (SSSR count). The van der Waals surface area contributed by atoms with E-state index in [1.807, 2.05) is 14.0 Å². The molecule has 0 spiro atoms. The predicted molar refractivity (Wildman–Crippen MR) is 71.7 cm³/mol. The monoisotopic (exact) mass is 251 g/mol. The third-order valence-corrected chi connectivity index (χ3v) is 3.21. The molecule has 1 saturated carbocycles. The van der Waals surface area contributed by atoms with Gasteiger partial charge >= 0.3 is 0 Å². The van der Waals surface area contributed by atoms with Gasteiger partial charge in [-0.15, -0.1) is 0 Å². The number of hydrogen-bond donors (Lipinski definition) is 2. The summed E-state index contributed by atoms with van der Waals surface area (Å²) >= 11 is 0. The molecule has 0 aliphatic heterocycles. The summed E-state index contributed by atoms with van der Waals surface area (Å²) in [5, 5.41) is 0. The molecule has 1 aliphatic rings. The van der Waals surface area contributed by atoms with E-state index >= 15 is 0 Å². The number of methoxy groups -OCH3 is 1. The molecule has 6 heteroatoms. The zero-order valence-corrected chi connectivity index (χ0v) is 11.2. The van der Waals surface area contributed by atoms with Gasteiger partial charge in [-0.2, -0.15) is 0 Å². The van der Waals surface area contributed by atoms with Crippen molar-refractivity contribution >= 4 is 11.6 Å². The zero-order valence-electron chi connectivity index (χ0n) is 11.2. The number of rotatable bonds is 6. The van der Waals surface area contributed by atoms with E-state index < -0.39 is 0 Å². The number of hydrazine groups is 1. The van der Waals surface area contributed by atoms with Crippen molar-refractivity contribution in [3.05, 3.63) is 11.4 Å². The summed E-state index contributed by atoms with van der Waals surface area (Å²) < 4.78 is 5.10. The van der Waals surface area contributed by atoms with E-state index in [0.29, 0.717) is 18.3 Å². The Kier molecular flexibility index (Phi) is 3.98. The molecule has 0 unspecified atom stereocenters. The van der Waals surface area contributed by atoms with Crippen LogP contribution in [0.15, 0.2) is 0 Å². The largest absolute Gasteiger partial charge is 0.383 e. The lowest BCUT2D eigenvalue weighted by molar-refractivity contribution is 0.206.